The minimum Gasteiger partial charge on any atom is -0.383 e. The summed E-state index contributed by atoms with van der Waals surface area (Å²) in [6.07, 6.45) is 0. The highest BCUT2D eigenvalue weighted by molar-refractivity contribution is 9.11. The van der Waals surface area contributed by atoms with E-state index in [1.807, 2.05) is 18.2 Å². The fourth-order valence-corrected chi connectivity index (χ4v) is 2.39. The number of rotatable bonds is 3. The van der Waals surface area contributed by atoms with Gasteiger partial charge in [0.05, 0.1) is 12.6 Å². The second-order valence-electron chi connectivity index (χ2n) is 2.76. The lowest BCUT2D eigenvalue weighted by molar-refractivity contribution is 0.181. The summed E-state index contributed by atoms with van der Waals surface area (Å²) in [5.41, 5.74) is 6.94. The maximum atomic E-state index is 5.88. The highest BCUT2D eigenvalue weighted by Crippen LogP contribution is 2.23. The van der Waals surface area contributed by atoms with Crippen molar-refractivity contribution in [3.63, 3.8) is 0 Å². The van der Waals surface area contributed by atoms with Crippen LogP contribution in [0.3, 0.4) is 0 Å². The van der Waals surface area contributed by atoms with Crippen molar-refractivity contribution < 1.29 is 4.74 Å². The maximum Gasteiger partial charge on any atom is 0.0655 e. The van der Waals surface area contributed by atoms with Crippen LogP contribution in [0.5, 0.6) is 0 Å². The van der Waals surface area contributed by atoms with E-state index in [1.54, 1.807) is 7.11 Å². The number of ether oxygens (including phenoxy) is 1. The molecule has 0 bridgehead atoms. The first-order valence-electron chi connectivity index (χ1n) is 3.84. The third kappa shape index (κ3) is 3.38. The summed E-state index contributed by atoms with van der Waals surface area (Å²) in [6, 6.07) is 5.89. The van der Waals surface area contributed by atoms with Gasteiger partial charge in [-0.3, -0.25) is 0 Å². The average molecular weight is 309 g/mol. The Morgan fingerprint density at radius 1 is 1.31 bits per heavy atom. The molecular formula is C9H11Br2NO. The molecule has 1 aromatic rings. The van der Waals surface area contributed by atoms with Gasteiger partial charge in [-0.2, -0.15) is 0 Å². The molecule has 0 unspecified atom stereocenters. The first-order valence-corrected chi connectivity index (χ1v) is 5.42. The van der Waals surface area contributed by atoms with Crippen molar-refractivity contribution in [3.05, 3.63) is 32.7 Å². The van der Waals surface area contributed by atoms with Crippen molar-refractivity contribution >= 4 is 31.9 Å². The van der Waals surface area contributed by atoms with Gasteiger partial charge in [-0.25, -0.2) is 0 Å². The van der Waals surface area contributed by atoms with Gasteiger partial charge in [-0.15, -0.1) is 0 Å². The number of methoxy groups -OCH3 is 1. The van der Waals surface area contributed by atoms with Gasteiger partial charge in [0, 0.05) is 16.1 Å². The Morgan fingerprint density at radius 2 is 1.85 bits per heavy atom. The molecule has 0 fully saturated rings. The van der Waals surface area contributed by atoms with Gasteiger partial charge in [-0.05, 0) is 23.8 Å². The molecule has 0 radical (unpaired) electrons. The van der Waals surface area contributed by atoms with E-state index in [9.17, 15) is 0 Å². The van der Waals surface area contributed by atoms with E-state index in [4.69, 9.17) is 10.5 Å². The van der Waals surface area contributed by atoms with Crippen molar-refractivity contribution in [3.8, 4) is 0 Å². The number of hydrogen-bond acceptors (Lipinski definition) is 2. The van der Waals surface area contributed by atoms with E-state index >= 15 is 0 Å². The molecule has 1 rings (SSSR count). The van der Waals surface area contributed by atoms with E-state index < -0.39 is 0 Å². The zero-order valence-electron chi connectivity index (χ0n) is 7.26. The van der Waals surface area contributed by atoms with Crippen LogP contribution in [0.1, 0.15) is 11.6 Å². The molecule has 2 N–H and O–H groups in total. The molecule has 72 valence electrons. The Morgan fingerprint density at radius 3 is 2.31 bits per heavy atom. The number of nitrogens with two attached hydrogens (primary N) is 1. The molecule has 4 heteroatoms. The molecular weight excluding hydrogens is 298 g/mol. The van der Waals surface area contributed by atoms with E-state index in [1.165, 1.54) is 0 Å². The lowest BCUT2D eigenvalue weighted by Crippen LogP contribution is -2.15. The fraction of sp³-hybridized carbons (Fsp3) is 0.333. The largest absolute Gasteiger partial charge is 0.383 e. The summed E-state index contributed by atoms with van der Waals surface area (Å²) in [6.45, 7) is 0.531. The zero-order chi connectivity index (χ0) is 9.84. The lowest BCUT2D eigenvalue weighted by Gasteiger charge is -2.11. The number of halogens is 2. The average Bonchev–Trinajstić information content (AvgIpc) is 2.03. The second kappa shape index (κ2) is 5.10. The van der Waals surface area contributed by atoms with E-state index in [-0.39, 0.29) is 6.04 Å². The fourth-order valence-electron chi connectivity index (χ4n) is 1.07. The van der Waals surface area contributed by atoms with E-state index in [2.05, 4.69) is 31.9 Å². The van der Waals surface area contributed by atoms with Crippen LogP contribution in [-0.4, -0.2) is 13.7 Å². The molecule has 2 nitrogen and oxygen atoms in total. The van der Waals surface area contributed by atoms with Gasteiger partial charge < -0.3 is 10.5 Å². The topological polar surface area (TPSA) is 35.2 Å². The van der Waals surface area contributed by atoms with Crippen LogP contribution in [0.15, 0.2) is 27.1 Å². The van der Waals surface area contributed by atoms with Gasteiger partial charge in [-0.1, -0.05) is 31.9 Å². The first kappa shape index (κ1) is 11.2. The molecule has 0 aliphatic heterocycles. The van der Waals surface area contributed by atoms with Crippen LogP contribution in [0.4, 0.5) is 0 Å². The van der Waals surface area contributed by atoms with Gasteiger partial charge in [0.25, 0.3) is 0 Å². The van der Waals surface area contributed by atoms with Gasteiger partial charge in [0.15, 0.2) is 0 Å². The summed E-state index contributed by atoms with van der Waals surface area (Å²) >= 11 is 6.81. The van der Waals surface area contributed by atoms with Crippen LogP contribution in [0.25, 0.3) is 0 Å². The Balaban J connectivity index is 2.87. The van der Waals surface area contributed by atoms with Crippen LogP contribution in [0, 0.1) is 0 Å². The minimum absolute atomic E-state index is 0.0706. The highest BCUT2D eigenvalue weighted by atomic mass is 79.9. The van der Waals surface area contributed by atoms with Crippen LogP contribution in [0.2, 0.25) is 0 Å². The molecule has 0 heterocycles. The molecule has 13 heavy (non-hydrogen) atoms. The van der Waals surface area contributed by atoms with Crippen molar-refractivity contribution in [2.75, 3.05) is 13.7 Å². The maximum absolute atomic E-state index is 5.88. The Kier molecular flexibility index (Phi) is 4.38. The first-order chi connectivity index (χ1) is 6.13. The van der Waals surface area contributed by atoms with Gasteiger partial charge >= 0.3 is 0 Å². The summed E-state index contributed by atoms with van der Waals surface area (Å²) < 4.78 is 7.02. The molecule has 1 aromatic carbocycles. The monoisotopic (exact) mass is 307 g/mol. The second-order valence-corrected chi connectivity index (χ2v) is 4.60. The normalized spacial score (nSPS) is 12.9. The molecule has 1 atom stereocenters. The Hall–Kier alpha value is 0.1000. The predicted molar refractivity (Wildman–Crippen MR) is 60.6 cm³/mol. The van der Waals surface area contributed by atoms with Gasteiger partial charge in [0.2, 0.25) is 0 Å². The van der Waals surface area contributed by atoms with Crippen LogP contribution in [-0.2, 0) is 4.74 Å². The quantitative estimate of drug-likeness (QED) is 0.932. The highest BCUT2D eigenvalue weighted by Gasteiger charge is 2.06. The molecule has 0 saturated heterocycles. The Labute approximate surface area is 94.7 Å². The predicted octanol–water partition coefficient (Wildman–Crippen LogP) is 2.86. The summed E-state index contributed by atoms with van der Waals surface area (Å²) in [7, 11) is 1.65. The summed E-state index contributed by atoms with van der Waals surface area (Å²) in [5, 5.41) is 0. The standard InChI is InChI=1S/C9H11Br2NO/c1-13-5-9(12)6-2-7(10)4-8(11)3-6/h2-4,9H,5,12H2,1H3/t9-/m0/s1. The molecule has 0 amide bonds. The molecule has 0 aliphatic carbocycles. The van der Waals surface area contributed by atoms with Crippen molar-refractivity contribution in [1.29, 1.82) is 0 Å². The van der Waals surface area contributed by atoms with Crippen LogP contribution >= 0.6 is 31.9 Å². The number of benzene rings is 1. The third-order valence-corrected chi connectivity index (χ3v) is 2.57. The molecule has 0 aliphatic rings. The Bertz CT molecular complexity index is 271. The van der Waals surface area contributed by atoms with E-state index in [0.29, 0.717) is 6.61 Å². The summed E-state index contributed by atoms with van der Waals surface area (Å²) in [4.78, 5) is 0. The van der Waals surface area contributed by atoms with E-state index in [0.717, 1.165) is 14.5 Å². The minimum atomic E-state index is -0.0706. The lowest BCUT2D eigenvalue weighted by atomic mass is 10.1. The van der Waals surface area contributed by atoms with Crippen molar-refractivity contribution in [2.24, 2.45) is 5.73 Å². The SMILES string of the molecule is COC[C@H](N)c1cc(Br)cc(Br)c1. The van der Waals surface area contributed by atoms with Crippen molar-refractivity contribution in [1.82, 2.24) is 0 Å². The van der Waals surface area contributed by atoms with Crippen molar-refractivity contribution in [2.45, 2.75) is 6.04 Å². The zero-order valence-corrected chi connectivity index (χ0v) is 10.4. The molecule has 0 saturated carbocycles. The molecule has 0 aromatic heterocycles. The number of hydrogen-bond donors (Lipinski definition) is 1. The summed E-state index contributed by atoms with van der Waals surface area (Å²) in [5.74, 6) is 0. The van der Waals surface area contributed by atoms with Crippen LogP contribution < -0.4 is 5.73 Å². The van der Waals surface area contributed by atoms with Gasteiger partial charge in [0.1, 0.15) is 0 Å². The third-order valence-electron chi connectivity index (χ3n) is 1.66. The molecule has 0 spiro atoms. The smallest absolute Gasteiger partial charge is 0.0655 e.